The number of piperidine rings is 1. The summed E-state index contributed by atoms with van der Waals surface area (Å²) in [6.45, 7) is 6.98. The van der Waals surface area contributed by atoms with Gasteiger partial charge >= 0.3 is 0 Å². The van der Waals surface area contributed by atoms with Gasteiger partial charge in [0.1, 0.15) is 5.75 Å². The fraction of sp³-hybridized carbons (Fsp3) is 0.647. The summed E-state index contributed by atoms with van der Waals surface area (Å²) in [5.41, 5.74) is 0.399. The van der Waals surface area contributed by atoms with E-state index in [1.165, 1.54) is 0 Å². The lowest BCUT2D eigenvalue weighted by molar-refractivity contribution is 0.0604. The van der Waals surface area contributed by atoms with E-state index in [1.807, 2.05) is 26.8 Å². The second-order valence-corrected chi connectivity index (χ2v) is 8.83. The van der Waals surface area contributed by atoms with Crippen molar-refractivity contribution in [3.8, 4) is 5.75 Å². The minimum absolute atomic E-state index is 0.147. The highest BCUT2D eigenvalue weighted by atomic mass is 32.2. The fourth-order valence-electron chi connectivity index (χ4n) is 3.08. The second kappa shape index (κ2) is 6.79. The van der Waals surface area contributed by atoms with Crippen LogP contribution in [0.4, 0.5) is 0 Å². The third-order valence-electron chi connectivity index (χ3n) is 4.31. The van der Waals surface area contributed by atoms with E-state index >= 15 is 0 Å². The Hall–Kier alpha value is -1.11. The summed E-state index contributed by atoms with van der Waals surface area (Å²) in [4.78, 5) is 0.347. The maximum atomic E-state index is 13.1. The van der Waals surface area contributed by atoms with Gasteiger partial charge in [0.2, 0.25) is 10.0 Å². The lowest BCUT2D eigenvalue weighted by Crippen LogP contribution is -2.41. The molecule has 0 saturated carbocycles. The van der Waals surface area contributed by atoms with E-state index in [9.17, 15) is 8.42 Å². The van der Waals surface area contributed by atoms with Gasteiger partial charge in [0.15, 0.2) is 0 Å². The third-order valence-corrected chi connectivity index (χ3v) is 6.25. The Morgan fingerprint density at radius 3 is 2.22 bits per heavy atom. The molecule has 23 heavy (non-hydrogen) atoms. The molecule has 1 heterocycles. The summed E-state index contributed by atoms with van der Waals surface area (Å²) in [6, 6.07) is 5.24. The number of hydrogen-bond donors (Lipinski definition) is 0. The van der Waals surface area contributed by atoms with Crippen molar-refractivity contribution in [2.24, 2.45) is 0 Å². The number of benzene rings is 1. The van der Waals surface area contributed by atoms with Crippen LogP contribution in [0.3, 0.4) is 0 Å². The summed E-state index contributed by atoms with van der Waals surface area (Å²) >= 11 is 0. The van der Waals surface area contributed by atoms with Gasteiger partial charge in [0, 0.05) is 25.8 Å². The highest BCUT2D eigenvalue weighted by molar-refractivity contribution is 7.89. The molecule has 5 nitrogen and oxygen atoms in total. The summed E-state index contributed by atoms with van der Waals surface area (Å²) in [5, 5.41) is 0. The molecule has 1 aromatic rings. The molecule has 1 aliphatic rings. The molecule has 0 bridgehead atoms. The number of ether oxygens (including phenoxy) is 2. The summed E-state index contributed by atoms with van der Waals surface area (Å²) in [6.07, 6.45) is 1.60. The van der Waals surface area contributed by atoms with Crippen molar-refractivity contribution in [1.29, 1.82) is 0 Å². The standard InChI is InChI=1S/C17H27NO4S/c1-17(2,3)16-14(22-5)7-6-8-15(16)23(19,20)18-11-9-13(21-4)10-12-18/h6-8,13H,9-12H2,1-5H3. The van der Waals surface area contributed by atoms with E-state index in [2.05, 4.69) is 0 Å². The van der Waals surface area contributed by atoms with E-state index in [1.54, 1.807) is 30.7 Å². The average Bonchev–Trinajstić information content (AvgIpc) is 2.53. The first-order chi connectivity index (χ1) is 10.7. The predicted octanol–water partition coefficient (Wildman–Crippen LogP) is 2.79. The van der Waals surface area contributed by atoms with Crippen molar-refractivity contribution in [2.45, 2.75) is 50.0 Å². The van der Waals surface area contributed by atoms with Crippen LogP contribution in [0.5, 0.6) is 5.75 Å². The number of sulfonamides is 1. The number of nitrogens with zero attached hydrogens (tertiary/aromatic N) is 1. The van der Waals surface area contributed by atoms with Crippen molar-refractivity contribution in [3.63, 3.8) is 0 Å². The van der Waals surface area contributed by atoms with Crippen molar-refractivity contribution < 1.29 is 17.9 Å². The quantitative estimate of drug-likeness (QED) is 0.845. The van der Waals surface area contributed by atoms with E-state index in [-0.39, 0.29) is 11.5 Å². The zero-order chi connectivity index (χ0) is 17.3. The molecule has 130 valence electrons. The minimum atomic E-state index is -3.54. The Bertz CT molecular complexity index is 641. The van der Waals surface area contributed by atoms with Crippen molar-refractivity contribution in [1.82, 2.24) is 4.31 Å². The van der Waals surface area contributed by atoms with Crippen LogP contribution in [0.2, 0.25) is 0 Å². The minimum Gasteiger partial charge on any atom is -0.496 e. The first-order valence-corrected chi connectivity index (χ1v) is 9.36. The third kappa shape index (κ3) is 3.70. The van der Waals surface area contributed by atoms with Crippen LogP contribution in [0.15, 0.2) is 23.1 Å². The van der Waals surface area contributed by atoms with Gasteiger partial charge in [-0.1, -0.05) is 26.8 Å². The van der Waals surface area contributed by atoms with Crippen LogP contribution in [0.1, 0.15) is 39.2 Å². The molecule has 0 aromatic heterocycles. The first-order valence-electron chi connectivity index (χ1n) is 7.92. The maximum Gasteiger partial charge on any atom is 0.243 e. The van der Waals surface area contributed by atoms with E-state index in [0.29, 0.717) is 23.7 Å². The van der Waals surface area contributed by atoms with Crippen LogP contribution in [-0.2, 0) is 20.2 Å². The van der Waals surface area contributed by atoms with E-state index in [0.717, 1.165) is 18.4 Å². The highest BCUT2D eigenvalue weighted by Gasteiger charge is 2.34. The number of rotatable bonds is 4. The molecule has 1 aromatic carbocycles. The zero-order valence-corrected chi connectivity index (χ0v) is 15.4. The Labute approximate surface area is 139 Å². The lowest BCUT2D eigenvalue weighted by Gasteiger charge is -2.32. The summed E-state index contributed by atoms with van der Waals surface area (Å²) in [5.74, 6) is 0.616. The van der Waals surface area contributed by atoms with E-state index in [4.69, 9.17) is 9.47 Å². The van der Waals surface area contributed by atoms with Gasteiger partial charge in [0.05, 0.1) is 18.1 Å². The van der Waals surface area contributed by atoms with Crippen LogP contribution >= 0.6 is 0 Å². The van der Waals surface area contributed by atoms with Gasteiger partial charge in [-0.2, -0.15) is 4.31 Å². The Balaban J connectivity index is 2.45. The smallest absolute Gasteiger partial charge is 0.243 e. The molecular formula is C17H27NO4S. The highest BCUT2D eigenvalue weighted by Crippen LogP contribution is 2.38. The normalized spacial score (nSPS) is 18.1. The number of hydrogen-bond acceptors (Lipinski definition) is 4. The van der Waals surface area contributed by atoms with Crippen molar-refractivity contribution >= 4 is 10.0 Å². The molecule has 1 aliphatic heterocycles. The summed E-state index contributed by atoms with van der Waals surface area (Å²) < 4.78 is 38.6. The van der Waals surface area contributed by atoms with Crippen molar-refractivity contribution in [2.75, 3.05) is 27.3 Å². The largest absolute Gasteiger partial charge is 0.496 e. The second-order valence-electron chi connectivity index (χ2n) is 6.92. The van der Waals surface area contributed by atoms with Crippen LogP contribution in [0.25, 0.3) is 0 Å². The Morgan fingerprint density at radius 2 is 1.74 bits per heavy atom. The zero-order valence-electron chi connectivity index (χ0n) is 14.6. The molecule has 0 aliphatic carbocycles. The molecule has 6 heteroatoms. The molecule has 1 fully saturated rings. The summed E-state index contributed by atoms with van der Waals surface area (Å²) in [7, 11) is -0.293. The predicted molar refractivity (Wildman–Crippen MR) is 90.5 cm³/mol. The lowest BCUT2D eigenvalue weighted by atomic mass is 9.86. The molecule has 2 rings (SSSR count). The van der Waals surface area contributed by atoms with E-state index < -0.39 is 10.0 Å². The molecule has 0 amide bonds. The molecule has 0 radical (unpaired) electrons. The van der Waals surface area contributed by atoms with Crippen LogP contribution < -0.4 is 4.74 Å². The fourth-order valence-corrected chi connectivity index (χ4v) is 4.97. The molecule has 0 atom stereocenters. The van der Waals surface area contributed by atoms with Gasteiger partial charge in [-0.25, -0.2) is 8.42 Å². The molecule has 0 N–H and O–H groups in total. The van der Waals surface area contributed by atoms with Crippen LogP contribution in [-0.4, -0.2) is 46.1 Å². The average molecular weight is 341 g/mol. The SMILES string of the molecule is COc1cccc(S(=O)(=O)N2CCC(OC)CC2)c1C(C)(C)C. The molecular weight excluding hydrogens is 314 g/mol. The monoisotopic (exact) mass is 341 g/mol. The van der Waals surface area contributed by atoms with Crippen molar-refractivity contribution in [3.05, 3.63) is 23.8 Å². The number of methoxy groups -OCH3 is 2. The topological polar surface area (TPSA) is 55.8 Å². The Kier molecular flexibility index (Phi) is 5.38. The maximum absolute atomic E-state index is 13.1. The van der Waals surface area contributed by atoms with Gasteiger partial charge in [-0.05, 0) is 30.4 Å². The first kappa shape index (κ1) is 18.2. The van der Waals surface area contributed by atoms with Crippen LogP contribution in [0, 0.1) is 0 Å². The van der Waals surface area contributed by atoms with Gasteiger partial charge in [-0.3, -0.25) is 0 Å². The molecule has 0 spiro atoms. The molecule has 1 saturated heterocycles. The van der Waals surface area contributed by atoms with Gasteiger partial charge in [0.25, 0.3) is 0 Å². The van der Waals surface area contributed by atoms with Gasteiger partial charge in [-0.15, -0.1) is 0 Å². The van der Waals surface area contributed by atoms with Gasteiger partial charge < -0.3 is 9.47 Å². The molecule has 0 unspecified atom stereocenters. The Morgan fingerprint density at radius 1 is 1.13 bits per heavy atom.